The lowest BCUT2D eigenvalue weighted by Gasteiger charge is -2.32. The molecule has 0 saturated heterocycles. The number of aryl methyl sites for hydroxylation is 2. The van der Waals surface area contributed by atoms with Gasteiger partial charge in [-0.15, -0.1) is 0 Å². The zero-order chi connectivity index (χ0) is 26.1. The molecule has 3 aromatic carbocycles. The van der Waals surface area contributed by atoms with Crippen LogP contribution in [0.5, 0.6) is 5.75 Å². The highest BCUT2D eigenvalue weighted by atomic mass is 35.5. The quantitative estimate of drug-likeness (QED) is 0.357. The molecule has 0 fully saturated rings. The number of rotatable bonds is 11. The minimum atomic E-state index is -0.716. The Morgan fingerprint density at radius 1 is 1.00 bits per heavy atom. The Kier molecular flexibility index (Phi) is 9.95. The van der Waals surface area contributed by atoms with Crippen LogP contribution in [0.25, 0.3) is 0 Å². The Bertz CT molecular complexity index is 1180. The molecule has 0 aromatic heterocycles. The first kappa shape index (κ1) is 27.3. The van der Waals surface area contributed by atoms with Crippen LogP contribution < -0.4 is 10.1 Å². The van der Waals surface area contributed by atoms with Gasteiger partial charge < -0.3 is 15.0 Å². The van der Waals surface area contributed by atoms with Crippen molar-refractivity contribution in [2.45, 2.75) is 53.1 Å². The van der Waals surface area contributed by atoms with Gasteiger partial charge >= 0.3 is 0 Å². The zero-order valence-corrected chi connectivity index (χ0v) is 22.3. The van der Waals surface area contributed by atoms with Gasteiger partial charge in [0.15, 0.2) is 6.61 Å². The van der Waals surface area contributed by atoms with Gasteiger partial charge in [0.25, 0.3) is 5.91 Å². The average molecular weight is 507 g/mol. The Morgan fingerprint density at radius 3 is 2.39 bits per heavy atom. The van der Waals surface area contributed by atoms with E-state index in [9.17, 15) is 9.59 Å². The summed E-state index contributed by atoms with van der Waals surface area (Å²) in [5.41, 5.74) is 4.90. The smallest absolute Gasteiger partial charge is 0.261 e. The number of nitrogens with one attached hydrogen (secondary N) is 1. The van der Waals surface area contributed by atoms with E-state index in [0.29, 0.717) is 23.7 Å². The van der Waals surface area contributed by atoms with Crippen LogP contribution in [0, 0.1) is 20.8 Å². The summed E-state index contributed by atoms with van der Waals surface area (Å²) in [6.07, 6.45) is 1.19. The molecule has 2 amide bonds. The SMILES string of the molecule is CCCNC(=O)[C@H](Cc1ccccc1)N(Cc1ccccc1Cl)C(=O)COc1cc(C)cc(C)c1C. The Balaban J connectivity index is 1.93. The molecule has 0 unspecified atom stereocenters. The van der Waals surface area contributed by atoms with Gasteiger partial charge in [0.2, 0.25) is 5.91 Å². The van der Waals surface area contributed by atoms with Crippen LogP contribution in [-0.2, 0) is 22.6 Å². The van der Waals surface area contributed by atoms with Gasteiger partial charge in [-0.25, -0.2) is 0 Å². The molecule has 0 heterocycles. The third-order valence-corrected chi connectivity index (χ3v) is 6.60. The Morgan fingerprint density at radius 2 is 1.69 bits per heavy atom. The number of ether oxygens (including phenoxy) is 1. The van der Waals surface area contributed by atoms with Crippen LogP contribution >= 0.6 is 11.6 Å². The highest BCUT2D eigenvalue weighted by molar-refractivity contribution is 6.31. The van der Waals surface area contributed by atoms with Gasteiger partial charge in [-0.3, -0.25) is 9.59 Å². The van der Waals surface area contributed by atoms with Crippen molar-refractivity contribution in [3.8, 4) is 5.75 Å². The summed E-state index contributed by atoms with van der Waals surface area (Å²) >= 11 is 6.46. The molecular weight excluding hydrogens is 472 g/mol. The van der Waals surface area contributed by atoms with Crippen LogP contribution in [0.15, 0.2) is 66.7 Å². The average Bonchev–Trinajstić information content (AvgIpc) is 2.87. The van der Waals surface area contributed by atoms with Crippen LogP contribution in [0.1, 0.15) is 41.2 Å². The molecule has 190 valence electrons. The van der Waals surface area contributed by atoms with Gasteiger partial charge in [-0.2, -0.15) is 0 Å². The van der Waals surface area contributed by atoms with E-state index in [2.05, 4.69) is 11.4 Å². The first-order chi connectivity index (χ1) is 17.3. The molecule has 0 aliphatic heterocycles. The summed E-state index contributed by atoms with van der Waals surface area (Å²) < 4.78 is 6.01. The fourth-order valence-corrected chi connectivity index (χ4v) is 4.30. The molecule has 0 aliphatic rings. The lowest BCUT2D eigenvalue weighted by Crippen LogP contribution is -2.51. The maximum atomic E-state index is 13.7. The van der Waals surface area contributed by atoms with Crippen molar-refractivity contribution in [2.24, 2.45) is 0 Å². The molecule has 0 spiro atoms. The first-order valence-electron chi connectivity index (χ1n) is 12.3. The lowest BCUT2D eigenvalue weighted by atomic mass is 10.0. The summed E-state index contributed by atoms with van der Waals surface area (Å²) in [6, 6.07) is 20.4. The molecule has 36 heavy (non-hydrogen) atoms. The summed E-state index contributed by atoms with van der Waals surface area (Å²) in [6.45, 7) is 8.56. The largest absolute Gasteiger partial charge is 0.483 e. The highest BCUT2D eigenvalue weighted by Gasteiger charge is 2.31. The predicted octanol–water partition coefficient (Wildman–Crippen LogP) is 5.81. The molecule has 0 saturated carbocycles. The minimum absolute atomic E-state index is 0.180. The third-order valence-electron chi connectivity index (χ3n) is 6.23. The van der Waals surface area contributed by atoms with Gasteiger partial charge in [0.1, 0.15) is 11.8 Å². The van der Waals surface area contributed by atoms with E-state index in [0.717, 1.165) is 34.2 Å². The molecule has 0 aliphatic carbocycles. The number of halogens is 1. The molecule has 6 heteroatoms. The number of carbonyl (C=O) groups is 2. The fraction of sp³-hybridized carbons (Fsp3) is 0.333. The highest BCUT2D eigenvalue weighted by Crippen LogP contribution is 2.24. The molecule has 0 bridgehead atoms. The molecule has 5 nitrogen and oxygen atoms in total. The standard InChI is InChI=1S/C30H35ClN2O3/c1-5-15-32-30(35)27(18-24-11-7-6-8-12-24)33(19-25-13-9-10-14-26(25)31)29(34)20-36-28-17-21(2)16-22(3)23(28)4/h6-14,16-17,27H,5,15,18-20H2,1-4H3,(H,32,35)/t27-/m0/s1. The van der Waals surface area contributed by atoms with E-state index < -0.39 is 6.04 Å². The Hall–Kier alpha value is -3.31. The van der Waals surface area contributed by atoms with E-state index in [1.807, 2.05) is 82.3 Å². The zero-order valence-electron chi connectivity index (χ0n) is 21.5. The van der Waals surface area contributed by atoms with Crippen molar-refractivity contribution in [2.75, 3.05) is 13.2 Å². The fourth-order valence-electron chi connectivity index (χ4n) is 4.10. The van der Waals surface area contributed by atoms with Gasteiger partial charge in [-0.05, 0) is 67.1 Å². The number of nitrogens with zero attached hydrogens (tertiary/aromatic N) is 1. The van der Waals surface area contributed by atoms with E-state index in [1.165, 1.54) is 0 Å². The number of amides is 2. The lowest BCUT2D eigenvalue weighted by molar-refractivity contribution is -0.142. The third kappa shape index (κ3) is 7.34. The van der Waals surface area contributed by atoms with Crippen molar-refractivity contribution in [3.05, 3.63) is 99.6 Å². The topological polar surface area (TPSA) is 58.6 Å². The molecule has 3 aromatic rings. The monoisotopic (exact) mass is 506 g/mol. The number of carbonyl (C=O) groups excluding carboxylic acids is 2. The predicted molar refractivity (Wildman–Crippen MR) is 145 cm³/mol. The van der Waals surface area contributed by atoms with E-state index in [4.69, 9.17) is 16.3 Å². The second kappa shape index (κ2) is 13.1. The minimum Gasteiger partial charge on any atom is -0.483 e. The van der Waals surface area contributed by atoms with Crippen molar-refractivity contribution < 1.29 is 14.3 Å². The van der Waals surface area contributed by atoms with Crippen LogP contribution in [-0.4, -0.2) is 35.9 Å². The number of hydrogen-bond acceptors (Lipinski definition) is 3. The number of hydrogen-bond donors (Lipinski definition) is 1. The molecule has 3 rings (SSSR count). The number of benzene rings is 3. The summed E-state index contributed by atoms with van der Waals surface area (Å²) in [4.78, 5) is 28.7. The summed E-state index contributed by atoms with van der Waals surface area (Å²) in [5.74, 6) is 0.207. The maximum Gasteiger partial charge on any atom is 0.261 e. The van der Waals surface area contributed by atoms with Crippen molar-refractivity contribution in [3.63, 3.8) is 0 Å². The molecule has 0 radical (unpaired) electrons. The molecule has 1 atom stereocenters. The molecular formula is C30H35ClN2O3. The van der Waals surface area contributed by atoms with E-state index in [-0.39, 0.29) is 25.0 Å². The normalized spacial score (nSPS) is 11.6. The second-order valence-corrected chi connectivity index (χ2v) is 9.51. The van der Waals surface area contributed by atoms with Crippen LogP contribution in [0.4, 0.5) is 0 Å². The van der Waals surface area contributed by atoms with E-state index in [1.54, 1.807) is 11.0 Å². The summed E-state index contributed by atoms with van der Waals surface area (Å²) in [7, 11) is 0. The van der Waals surface area contributed by atoms with E-state index >= 15 is 0 Å². The van der Waals surface area contributed by atoms with Gasteiger partial charge in [0, 0.05) is 24.5 Å². The van der Waals surface area contributed by atoms with Gasteiger partial charge in [-0.1, -0.05) is 73.1 Å². The summed E-state index contributed by atoms with van der Waals surface area (Å²) in [5, 5.41) is 3.53. The second-order valence-electron chi connectivity index (χ2n) is 9.10. The van der Waals surface area contributed by atoms with Crippen molar-refractivity contribution in [1.82, 2.24) is 10.2 Å². The van der Waals surface area contributed by atoms with Crippen LogP contribution in [0.3, 0.4) is 0 Å². The van der Waals surface area contributed by atoms with Gasteiger partial charge in [0.05, 0.1) is 0 Å². The van der Waals surface area contributed by atoms with Crippen molar-refractivity contribution in [1.29, 1.82) is 0 Å². The first-order valence-corrected chi connectivity index (χ1v) is 12.7. The van der Waals surface area contributed by atoms with Crippen molar-refractivity contribution >= 4 is 23.4 Å². The Labute approximate surface area is 219 Å². The van der Waals surface area contributed by atoms with Crippen LogP contribution in [0.2, 0.25) is 5.02 Å². The maximum absolute atomic E-state index is 13.7. The molecule has 1 N–H and O–H groups in total.